The summed E-state index contributed by atoms with van der Waals surface area (Å²) in [5.41, 5.74) is 2.13. The Morgan fingerprint density at radius 3 is 2.22 bits per heavy atom. The van der Waals surface area contributed by atoms with E-state index in [1.165, 1.54) is 29.0 Å². The minimum absolute atomic E-state index is 0.0825. The van der Waals surface area contributed by atoms with Gasteiger partial charge in [-0.2, -0.15) is 0 Å². The third-order valence-electron chi connectivity index (χ3n) is 5.17. The smallest absolute Gasteiger partial charge is 0.264 e. The molecule has 6 nitrogen and oxygen atoms in total. The number of hydrogen-bond acceptors (Lipinski definition) is 4. The molecule has 32 heavy (non-hydrogen) atoms. The van der Waals surface area contributed by atoms with Crippen LogP contribution in [0.2, 0.25) is 0 Å². The zero-order valence-corrected chi connectivity index (χ0v) is 19.3. The molecule has 1 N–H and O–H groups in total. The number of rotatable bonds is 10. The molecule has 7 heteroatoms. The van der Waals surface area contributed by atoms with Crippen molar-refractivity contribution in [3.63, 3.8) is 0 Å². The van der Waals surface area contributed by atoms with Gasteiger partial charge in [0.25, 0.3) is 15.9 Å². The van der Waals surface area contributed by atoms with Crippen LogP contribution in [0.4, 0.5) is 5.69 Å². The molecule has 0 saturated heterocycles. The van der Waals surface area contributed by atoms with Gasteiger partial charge in [-0.3, -0.25) is 9.10 Å². The van der Waals surface area contributed by atoms with E-state index in [1.54, 1.807) is 36.4 Å². The molecular formula is C25H29N3O3S. The first kappa shape index (κ1) is 23.5. The van der Waals surface area contributed by atoms with E-state index in [-0.39, 0.29) is 10.8 Å². The molecule has 3 rings (SSSR count). The first-order valence-electron chi connectivity index (χ1n) is 10.5. The average Bonchev–Trinajstić information content (AvgIpc) is 2.82. The van der Waals surface area contributed by atoms with Crippen LogP contribution < -0.4 is 9.62 Å². The van der Waals surface area contributed by atoms with Crippen LogP contribution >= 0.6 is 0 Å². The summed E-state index contributed by atoms with van der Waals surface area (Å²) in [5.74, 6) is -0.282. The molecular weight excluding hydrogens is 422 g/mol. The molecule has 168 valence electrons. The van der Waals surface area contributed by atoms with Crippen LogP contribution in [0, 0.1) is 0 Å². The highest BCUT2D eigenvalue weighted by Crippen LogP contribution is 2.22. The number of hydrogen-bond donors (Lipinski definition) is 1. The summed E-state index contributed by atoms with van der Waals surface area (Å²) in [5, 5.41) is 2.88. The van der Waals surface area contributed by atoms with Crippen molar-refractivity contribution < 1.29 is 13.2 Å². The topological polar surface area (TPSA) is 69.7 Å². The number of carbonyl (C=O) groups excluding carboxylic acids is 1. The SMILES string of the molecule is CN(CCCNC(=O)c1cccc(S(=O)(=O)N(C)c2ccccc2)c1)Cc1ccccc1. The van der Waals surface area contributed by atoms with Gasteiger partial charge in [0, 0.05) is 25.7 Å². The van der Waals surface area contributed by atoms with Gasteiger partial charge >= 0.3 is 0 Å². The molecule has 0 saturated carbocycles. The molecule has 0 aliphatic rings. The van der Waals surface area contributed by atoms with Crippen LogP contribution in [0.5, 0.6) is 0 Å². The van der Waals surface area contributed by atoms with Crippen molar-refractivity contribution in [1.82, 2.24) is 10.2 Å². The van der Waals surface area contributed by atoms with Gasteiger partial charge in [0.2, 0.25) is 0 Å². The van der Waals surface area contributed by atoms with Crippen LogP contribution in [-0.4, -0.2) is 46.4 Å². The van der Waals surface area contributed by atoms with Gasteiger partial charge in [0.05, 0.1) is 10.6 Å². The van der Waals surface area contributed by atoms with Gasteiger partial charge < -0.3 is 10.2 Å². The van der Waals surface area contributed by atoms with E-state index in [0.29, 0.717) is 17.8 Å². The van der Waals surface area contributed by atoms with Crippen molar-refractivity contribution in [2.75, 3.05) is 31.5 Å². The third-order valence-corrected chi connectivity index (χ3v) is 6.95. The molecule has 0 radical (unpaired) electrons. The van der Waals surface area contributed by atoms with Crippen molar-refractivity contribution in [1.29, 1.82) is 0 Å². The fraction of sp³-hybridized carbons (Fsp3) is 0.240. The van der Waals surface area contributed by atoms with Gasteiger partial charge in [-0.15, -0.1) is 0 Å². The maximum Gasteiger partial charge on any atom is 0.264 e. The molecule has 0 fully saturated rings. The first-order valence-corrected chi connectivity index (χ1v) is 12.0. The van der Waals surface area contributed by atoms with Crippen LogP contribution in [-0.2, 0) is 16.6 Å². The lowest BCUT2D eigenvalue weighted by atomic mass is 10.2. The molecule has 3 aromatic carbocycles. The second-order valence-corrected chi connectivity index (χ2v) is 9.64. The van der Waals surface area contributed by atoms with Crippen LogP contribution in [0.3, 0.4) is 0 Å². The molecule has 0 unspecified atom stereocenters. The summed E-state index contributed by atoms with van der Waals surface area (Å²) in [4.78, 5) is 14.9. The summed E-state index contributed by atoms with van der Waals surface area (Å²) in [7, 11) is -0.216. The van der Waals surface area contributed by atoms with E-state index in [0.717, 1.165) is 19.5 Å². The summed E-state index contributed by atoms with van der Waals surface area (Å²) in [6.45, 7) is 2.20. The van der Waals surface area contributed by atoms with Crippen LogP contribution in [0.25, 0.3) is 0 Å². The number of benzene rings is 3. The maximum absolute atomic E-state index is 13.0. The lowest BCUT2D eigenvalue weighted by Crippen LogP contribution is -2.29. The zero-order valence-electron chi connectivity index (χ0n) is 18.4. The van der Waals surface area contributed by atoms with E-state index in [4.69, 9.17) is 0 Å². The van der Waals surface area contributed by atoms with Gasteiger partial charge in [0.1, 0.15) is 0 Å². The Bertz CT molecular complexity index is 1120. The van der Waals surface area contributed by atoms with Crippen molar-refractivity contribution in [3.8, 4) is 0 Å². The number of nitrogens with zero attached hydrogens (tertiary/aromatic N) is 2. The highest BCUT2D eigenvalue weighted by Gasteiger charge is 2.22. The standard InChI is InChI=1S/C25H29N3O3S/c1-27(20-21-11-5-3-6-12-21)18-10-17-26-25(29)22-13-9-16-24(19-22)32(30,31)28(2)23-14-7-4-8-15-23/h3-9,11-16,19H,10,17-18,20H2,1-2H3,(H,26,29). The Labute approximate surface area is 190 Å². The van der Waals surface area contributed by atoms with Crippen LogP contribution in [0.15, 0.2) is 89.8 Å². The number of amides is 1. The Kier molecular flexibility index (Phi) is 8.03. The molecule has 0 bridgehead atoms. The quantitative estimate of drug-likeness (QED) is 0.477. The molecule has 1 amide bonds. The Hall–Kier alpha value is -3.16. The predicted molar refractivity (Wildman–Crippen MR) is 128 cm³/mol. The number of sulfonamides is 1. The summed E-state index contributed by atoms with van der Waals surface area (Å²) < 4.78 is 27.2. The highest BCUT2D eigenvalue weighted by atomic mass is 32.2. The average molecular weight is 452 g/mol. The molecule has 0 spiro atoms. The minimum Gasteiger partial charge on any atom is -0.352 e. The number of nitrogens with one attached hydrogen (secondary N) is 1. The monoisotopic (exact) mass is 451 g/mol. The van der Waals surface area contributed by atoms with E-state index in [1.807, 2.05) is 31.3 Å². The van der Waals surface area contributed by atoms with E-state index in [9.17, 15) is 13.2 Å². The number of carbonyl (C=O) groups is 1. The third kappa shape index (κ3) is 6.18. The van der Waals surface area contributed by atoms with Crippen molar-refractivity contribution >= 4 is 21.6 Å². The molecule has 0 aliphatic heterocycles. The second kappa shape index (κ2) is 10.9. The summed E-state index contributed by atoms with van der Waals surface area (Å²) in [6.07, 6.45) is 0.795. The fourth-order valence-electron chi connectivity index (χ4n) is 3.36. The molecule has 0 heterocycles. The van der Waals surface area contributed by atoms with Gasteiger partial charge in [-0.05, 0) is 55.9 Å². The van der Waals surface area contributed by atoms with Crippen molar-refractivity contribution in [2.45, 2.75) is 17.9 Å². The largest absolute Gasteiger partial charge is 0.352 e. The van der Waals surface area contributed by atoms with E-state index < -0.39 is 10.0 Å². The fourth-order valence-corrected chi connectivity index (χ4v) is 4.60. The Balaban J connectivity index is 1.55. The van der Waals surface area contributed by atoms with Crippen molar-refractivity contribution in [3.05, 3.63) is 96.1 Å². The number of para-hydroxylation sites is 1. The van der Waals surface area contributed by atoms with Crippen LogP contribution in [0.1, 0.15) is 22.3 Å². The Morgan fingerprint density at radius 1 is 0.875 bits per heavy atom. The van der Waals surface area contributed by atoms with E-state index in [2.05, 4.69) is 22.3 Å². The van der Waals surface area contributed by atoms with Crippen molar-refractivity contribution in [2.24, 2.45) is 0 Å². The lowest BCUT2D eigenvalue weighted by Gasteiger charge is -2.20. The second-order valence-electron chi connectivity index (χ2n) is 7.67. The summed E-state index contributed by atoms with van der Waals surface area (Å²) >= 11 is 0. The minimum atomic E-state index is -3.77. The molecule has 0 aromatic heterocycles. The Morgan fingerprint density at radius 2 is 1.53 bits per heavy atom. The lowest BCUT2D eigenvalue weighted by molar-refractivity contribution is 0.0951. The normalized spacial score (nSPS) is 11.3. The first-order chi connectivity index (χ1) is 15.4. The molecule has 3 aromatic rings. The maximum atomic E-state index is 13.0. The number of anilines is 1. The molecule has 0 atom stereocenters. The van der Waals surface area contributed by atoms with Gasteiger partial charge in [0.15, 0.2) is 0 Å². The summed E-state index contributed by atoms with van der Waals surface area (Å²) in [6, 6.07) is 25.2. The molecule has 0 aliphatic carbocycles. The predicted octanol–water partition coefficient (Wildman–Crippen LogP) is 3.76. The van der Waals surface area contributed by atoms with E-state index >= 15 is 0 Å². The zero-order chi connectivity index (χ0) is 23.0. The highest BCUT2D eigenvalue weighted by molar-refractivity contribution is 7.92. The van der Waals surface area contributed by atoms with Gasteiger partial charge in [-0.1, -0.05) is 54.6 Å². The van der Waals surface area contributed by atoms with Gasteiger partial charge in [-0.25, -0.2) is 8.42 Å².